The van der Waals surface area contributed by atoms with Gasteiger partial charge in [0.1, 0.15) is 17.3 Å². The fraction of sp³-hybridized carbons (Fsp3) is 0.381. The summed E-state index contributed by atoms with van der Waals surface area (Å²) in [5, 5.41) is 15.5. The summed E-state index contributed by atoms with van der Waals surface area (Å²) in [7, 11) is 3.39. The molecule has 0 radical (unpaired) electrons. The number of methoxy groups -OCH3 is 1. The Kier molecular flexibility index (Phi) is 4.68. The summed E-state index contributed by atoms with van der Waals surface area (Å²) >= 11 is 0. The Hall–Kier alpha value is -3.69. The third-order valence-electron chi connectivity index (χ3n) is 6.04. The van der Waals surface area contributed by atoms with Gasteiger partial charge < -0.3 is 19.5 Å². The molecule has 0 aliphatic carbocycles. The zero-order valence-electron chi connectivity index (χ0n) is 17.4. The molecular weight excluding hydrogens is 398 g/mol. The summed E-state index contributed by atoms with van der Waals surface area (Å²) in [6, 6.07) is 8.86. The lowest BCUT2D eigenvalue weighted by Crippen LogP contribution is -2.31. The van der Waals surface area contributed by atoms with Crippen molar-refractivity contribution in [3.8, 4) is 5.75 Å². The standard InChI is InChI=1S/C21H23N7O3/c1-26-8-7-17(25-26)21(30)27-10-13-9-18-23-24-19(28(18)12-14(13)11-27)20(29)22-15-3-5-16(31-2)6-4-15/h3-8,13-14H,9-12H2,1-2H3,(H,22,29)/t13-,14-/m0/s1. The number of carbonyl (C=O) groups is 2. The maximum absolute atomic E-state index is 12.8. The number of nitrogens with zero attached hydrogens (tertiary/aromatic N) is 6. The Labute approximate surface area is 178 Å². The van der Waals surface area contributed by atoms with Crippen LogP contribution in [0.2, 0.25) is 0 Å². The number of amides is 2. The molecule has 3 aromatic rings. The van der Waals surface area contributed by atoms with E-state index in [1.54, 1.807) is 55.4 Å². The number of ether oxygens (including phenoxy) is 1. The minimum atomic E-state index is -0.304. The van der Waals surface area contributed by atoms with Crippen LogP contribution in [0.1, 0.15) is 26.9 Å². The lowest BCUT2D eigenvalue weighted by atomic mass is 9.89. The van der Waals surface area contributed by atoms with Crippen LogP contribution in [0, 0.1) is 11.8 Å². The molecule has 2 aromatic heterocycles. The van der Waals surface area contributed by atoms with Crippen LogP contribution in [0.4, 0.5) is 5.69 Å². The lowest BCUT2D eigenvalue weighted by Gasteiger charge is -2.25. The van der Waals surface area contributed by atoms with E-state index in [4.69, 9.17) is 4.74 Å². The fourth-order valence-electron chi connectivity index (χ4n) is 4.41. The number of carbonyl (C=O) groups excluding carboxylic acids is 2. The largest absolute Gasteiger partial charge is 0.497 e. The van der Waals surface area contributed by atoms with E-state index in [9.17, 15) is 9.59 Å². The average molecular weight is 421 g/mol. The SMILES string of the molecule is COc1ccc(NC(=O)c2nnc3n2C[C@@H]2CN(C(=O)c4ccn(C)n4)C[C@@H]2C3)cc1. The molecule has 5 rings (SSSR count). The van der Waals surface area contributed by atoms with Gasteiger partial charge in [0, 0.05) is 45.0 Å². The molecule has 2 amide bonds. The number of hydrogen-bond donors (Lipinski definition) is 1. The summed E-state index contributed by atoms with van der Waals surface area (Å²) in [6.45, 7) is 1.92. The molecule has 10 nitrogen and oxygen atoms in total. The van der Waals surface area contributed by atoms with Gasteiger partial charge in [-0.3, -0.25) is 14.3 Å². The van der Waals surface area contributed by atoms with Crippen LogP contribution in [0.25, 0.3) is 0 Å². The van der Waals surface area contributed by atoms with Gasteiger partial charge in [-0.1, -0.05) is 0 Å². The summed E-state index contributed by atoms with van der Waals surface area (Å²) < 4.78 is 8.66. The number of fused-ring (bicyclic) bond motifs is 2. The third-order valence-corrected chi connectivity index (χ3v) is 6.04. The first-order valence-corrected chi connectivity index (χ1v) is 10.2. The lowest BCUT2D eigenvalue weighted by molar-refractivity contribution is 0.0776. The zero-order chi connectivity index (χ0) is 21.5. The van der Waals surface area contributed by atoms with E-state index in [-0.39, 0.29) is 17.7 Å². The second kappa shape index (κ2) is 7.53. The van der Waals surface area contributed by atoms with Gasteiger partial charge in [0.25, 0.3) is 11.8 Å². The Balaban J connectivity index is 1.29. The number of nitrogens with one attached hydrogen (secondary N) is 1. The summed E-state index contributed by atoms with van der Waals surface area (Å²) in [5.74, 6) is 2.00. The quantitative estimate of drug-likeness (QED) is 0.679. The number of aryl methyl sites for hydroxylation is 1. The van der Waals surface area contributed by atoms with Crippen molar-refractivity contribution < 1.29 is 14.3 Å². The highest BCUT2D eigenvalue weighted by Crippen LogP contribution is 2.33. The van der Waals surface area contributed by atoms with Crippen LogP contribution >= 0.6 is 0 Å². The van der Waals surface area contributed by atoms with E-state index in [1.165, 1.54) is 0 Å². The average Bonchev–Trinajstić information content (AvgIpc) is 3.49. The van der Waals surface area contributed by atoms with E-state index in [0.717, 1.165) is 11.6 Å². The van der Waals surface area contributed by atoms with Gasteiger partial charge in [-0.2, -0.15) is 5.10 Å². The monoisotopic (exact) mass is 421 g/mol. The highest BCUT2D eigenvalue weighted by Gasteiger charge is 2.41. The predicted molar refractivity (Wildman–Crippen MR) is 111 cm³/mol. The van der Waals surface area contributed by atoms with Crippen molar-refractivity contribution in [2.24, 2.45) is 18.9 Å². The Bertz CT molecular complexity index is 1130. The van der Waals surface area contributed by atoms with Gasteiger partial charge in [-0.15, -0.1) is 10.2 Å². The van der Waals surface area contributed by atoms with E-state index in [0.29, 0.717) is 49.2 Å². The van der Waals surface area contributed by atoms with Crippen LogP contribution in [-0.2, 0) is 20.0 Å². The van der Waals surface area contributed by atoms with E-state index in [1.807, 2.05) is 9.47 Å². The molecule has 160 valence electrons. The molecule has 0 unspecified atom stereocenters. The normalized spacial score (nSPS) is 19.6. The van der Waals surface area contributed by atoms with Crippen molar-refractivity contribution in [3.63, 3.8) is 0 Å². The van der Waals surface area contributed by atoms with Crippen LogP contribution in [-0.4, -0.2) is 61.5 Å². The number of hydrogen-bond acceptors (Lipinski definition) is 6. The second-order valence-electron chi connectivity index (χ2n) is 8.04. The molecule has 2 aliphatic heterocycles. The van der Waals surface area contributed by atoms with Crippen LogP contribution in [0.5, 0.6) is 5.75 Å². The van der Waals surface area contributed by atoms with Gasteiger partial charge >= 0.3 is 0 Å². The Morgan fingerprint density at radius 3 is 2.55 bits per heavy atom. The van der Waals surface area contributed by atoms with E-state index >= 15 is 0 Å². The van der Waals surface area contributed by atoms with Crippen molar-refractivity contribution in [2.45, 2.75) is 13.0 Å². The molecule has 1 aromatic carbocycles. The van der Waals surface area contributed by atoms with Crippen LogP contribution in [0.3, 0.4) is 0 Å². The Morgan fingerprint density at radius 1 is 1.06 bits per heavy atom. The number of anilines is 1. The third kappa shape index (κ3) is 3.54. The first kappa shape index (κ1) is 19.3. The van der Waals surface area contributed by atoms with Crippen LogP contribution in [0.15, 0.2) is 36.5 Å². The first-order chi connectivity index (χ1) is 15.0. The molecule has 2 atom stereocenters. The number of aromatic nitrogens is 5. The summed E-state index contributed by atoms with van der Waals surface area (Å²) in [5.41, 5.74) is 1.12. The molecule has 1 fully saturated rings. The maximum atomic E-state index is 12.8. The minimum Gasteiger partial charge on any atom is -0.497 e. The van der Waals surface area contributed by atoms with Crippen molar-refractivity contribution in [1.82, 2.24) is 29.4 Å². The Morgan fingerprint density at radius 2 is 1.84 bits per heavy atom. The maximum Gasteiger partial charge on any atom is 0.293 e. The van der Waals surface area contributed by atoms with Gasteiger partial charge in [0.2, 0.25) is 5.82 Å². The highest BCUT2D eigenvalue weighted by atomic mass is 16.5. The summed E-state index contributed by atoms with van der Waals surface area (Å²) in [4.78, 5) is 27.4. The molecule has 0 spiro atoms. The molecule has 0 saturated carbocycles. The fourth-order valence-corrected chi connectivity index (χ4v) is 4.41. The number of rotatable bonds is 4. The molecule has 10 heteroatoms. The van der Waals surface area contributed by atoms with Gasteiger partial charge in [0.15, 0.2) is 0 Å². The summed E-state index contributed by atoms with van der Waals surface area (Å²) in [6.07, 6.45) is 2.46. The minimum absolute atomic E-state index is 0.0526. The smallest absolute Gasteiger partial charge is 0.293 e. The topological polar surface area (TPSA) is 107 Å². The first-order valence-electron chi connectivity index (χ1n) is 10.2. The predicted octanol–water partition coefficient (Wildman–Crippen LogP) is 1.22. The second-order valence-corrected chi connectivity index (χ2v) is 8.04. The molecule has 4 heterocycles. The number of likely N-dealkylation sites (tertiary alicyclic amines) is 1. The van der Waals surface area contributed by atoms with Gasteiger partial charge in [0.05, 0.1) is 7.11 Å². The molecule has 1 N–H and O–H groups in total. The van der Waals surface area contributed by atoms with Crippen molar-refractivity contribution in [2.75, 3.05) is 25.5 Å². The van der Waals surface area contributed by atoms with E-state index < -0.39 is 0 Å². The van der Waals surface area contributed by atoms with Crippen molar-refractivity contribution in [3.05, 3.63) is 53.9 Å². The van der Waals surface area contributed by atoms with E-state index in [2.05, 4.69) is 20.6 Å². The van der Waals surface area contributed by atoms with Crippen LogP contribution < -0.4 is 10.1 Å². The van der Waals surface area contributed by atoms with Crippen molar-refractivity contribution in [1.29, 1.82) is 0 Å². The molecular formula is C21H23N7O3. The molecule has 31 heavy (non-hydrogen) atoms. The van der Waals surface area contributed by atoms with Gasteiger partial charge in [-0.05, 0) is 42.2 Å². The van der Waals surface area contributed by atoms with Crippen molar-refractivity contribution >= 4 is 17.5 Å². The molecule has 0 bridgehead atoms. The molecule has 1 saturated heterocycles. The zero-order valence-corrected chi connectivity index (χ0v) is 17.4. The van der Waals surface area contributed by atoms with Gasteiger partial charge in [-0.25, -0.2) is 0 Å². The highest BCUT2D eigenvalue weighted by molar-refractivity contribution is 6.01. The molecule has 2 aliphatic rings. The number of benzene rings is 1.